The Morgan fingerprint density at radius 3 is 2.20 bits per heavy atom. The first-order valence-electron chi connectivity index (χ1n) is 9.84. The Bertz CT molecular complexity index is 671. The lowest BCUT2D eigenvalue weighted by Gasteiger charge is -2.56. The molecule has 4 saturated carbocycles. The third-order valence-corrected chi connectivity index (χ3v) is 6.72. The van der Waals surface area contributed by atoms with Gasteiger partial charge in [-0.05, 0) is 81.8 Å². The van der Waals surface area contributed by atoms with E-state index < -0.39 is 0 Å². The molecule has 25 heavy (non-hydrogen) atoms. The number of aryl methyl sites for hydroxylation is 2. The second kappa shape index (κ2) is 6.26. The molecular formula is C22H29NO2. The Balaban J connectivity index is 1.35. The van der Waals surface area contributed by atoms with Crippen molar-refractivity contribution >= 4 is 11.7 Å². The molecule has 0 aliphatic heterocycles. The summed E-state index contributed by atoms with van der Waals surface area (Å²) in [6.45, 7) is 3.96. The lowest BCUT2D eigenvalue weighted by atomic mass is 9.53. The number of carbonyl (C=O) groups is 2. The fraction of sp³-hybridized carbons (Fsp3) is 0.636. The standard InChI is InChI=1S/C22H29NO2/c1-14-3-4-15(2)19(7-14)20(24)5-6-21(25)23-22-11-16-8-17(12-22)10-18(9-16)13-22/h3-4,7,16-18H,5-6,8-13H2,1-2H3,(H,23,25). The molecule has 4 aliphatic rings. The van der Waals surface area contributed by atoms with Crippen molar-refractivity contribution in [1.29, 1.82) is 0 Å². The molecule has 0 saturated heterocycles. The minimum absolute atomic E-state index is 0.0497. The quantitative estimate of drug-likeness (QED) is 0.811. The van der Waals surface area contributed by atoms with E-state index in [1.54, 1.807) is 0 Å². The molecular weight excluding hydrogens is 310 g/mol. The van der Waals surface area contributed by atoms with E-state index >= 15 is 0 Å². The topological polar surface area (TPSA) is 46.2 Å². The minimum Gasteiger partial charge on any atom is -0.351 e. The summed E-state index contributed by atoms with van der Waals surface area (Å²) in [6.07, 6.45) is 8.23. The number of ketones is 1. The van der Waals surface area contributed by atoms with Gasteiger partial charge in [-0.3, -0.25) is 9.59 Å². The molecule has 0 atom stereocenters. The Labute approximate surface area is 150 Å². The highest BCUT2D eigenvalue weighted by Gasteiger charge is 2.51. The van der Waals surface area contributed by atoms with E-state index in [9.17, 15) is 9.59 Å². The van der Waals surface area contributed by atoms with Crippen LogP contribution in [0.5, 0.6) is 0 Å². The fourth-order valence-corrected chi connectivity index (χ4v) is 6.02. The number of Topliss-reactive ketones (excluding diaryl/α,β-unsaturated/α-hetero) is 1. The zero-order chi connectivity index (χ0) is 17.6. The Morgan fingerprint density at radius 1 is 1.00 bits per heavy atom. The summed E-state index contributed by atoms with van der Waals surface area (Å²) < 4.78 is 0. The molecule has 1 aromatic carbocycles. The van der Waals surface area contributed by atoms with Gasteiger partial charge in [0.05, 0.1) is 0 Å². The molecule has 5 rings (SSSR count). The second-order valence-corrected chi connectivity index (χ2v) is 8.99. The number of nitrogens with one attached hydrogen (secondary N) is 1. The van der Waals surface area contributed by atoms with Crippen molar-refractivity contribution in [3.05, 3.63) is 34.9 Å². The maximum atomic E-state index is 12.6. The number of carbonyl (C=O) groups excluding carboxylic acids is 2. The van der Waals surface area contributed by atoms with Gasteiger partial charge in [0.2, 0.25) is 5.91 Å². The normalized spacial score (nSPS) is 32.6. The van der Waals surface area contributed by atoms with Crippen LogP contribution in [0.15, 0.2) is 18.2 Å². The summed E-state index contributed by atoms with van der Waals surface area (Å²) in [5, 5.41) is 3.37. The molecule has 3 heteroatoms. The molecule has 0 radical (unpaired) electrons. The van der Waals surface area contributed by atoms with Gasteiger partial charge in [-0.15, -0.1) is 0 Å². The van der Waals surface area contributed by atoms with Gasteiger partial charge in [0.1, 0.15) is 0 Å². The van der Waals surface area contributed by atoms with Crippen molar-refractivity contribution in [3.8, 4) is 0 Å². The van der Waals surface area contributed by atoms with Crippen molar-refractivity contribution in [2.75, 3.05) is 0 Å². The van der Waals surface area contributed by atoms with Crippen LogP contribution in [0.4, 0.5) is 0 Å². The third kappa shape index (κ3) is 3.38. The van der Waals surface area contributed by atoms with Gasteiger partial charge in [0, 0.05) is 23.9 Å². The van der Waals surface area contributed by atoms with Gasteiger partial charge in [-0.25, -0.2) is 0 Å². The summed E-state index contributed by atoms with van der Waals surface area (Å²) in [5.41, 5.74) is 2.90. The number of benzene rings is 1. The Morgan fingerprint density at radius 2 is 1.60 bits per heavy atom. The van der Waals surface area contributed by atoms with Crippen LogP contribution in [0.25, 0.3) is 0 Å². The zero-order valence-corrected chi connectivity index (χ0v) is 15.4. The highest BCUT2D eigenvalue weighted by molar-refractivity contribution is 5.99. The molecule has 4 aliphatic carbocycles. The van der Waals surface area contributed by atoms with E-state index in [2.05, 4.69) is 5.32 Å². The molecule has 0 unspecified atom stereocenters. The minimum atomic E-state index is 0.0497. The largest absolute Gasteiger partial charge is 0.351 e. The molecule has 1 amide bonds. The van der Waals surface area contributed by atoms with Crippen LogP contribution in [0.1, 0.15) is 72.9 Å². The Hall–Kier alpha value is -1.64. The first-order valence-corrected chi connectivity index (χ1v) is 9.84. The predicted octanol–water partition coefficient (Wildman–Crippen LogP) is 4.35. The molecule has 134 valence electrons. The monoisotopic (exact) mass is 339 g/mol. The van der Waals surface area contributed by atoms with Crippen LogP contribution in [0.3, 0.4) is 0 Å². The number of hydrogen-bond donors (Lipinski definition) is 1. The second-order valence-electron chi connectivity index (χ2n) is 8.99. The van der Waals surface area contributed by atoms with E-state index in [0.717, 1.165) is 53.7 Å². The van der Waals surface area contributed by atoms with Crippen molar-refractivity contribution < 1.29 is 9.59 Å². The first-order chi connectivity index (χ1) is 11.9. The first kappa shape index (κ1) is 16.8. The van der Waals surface area contributed by atoms with Crippen LogP contribution in [0, 0.1) is 31.6 Å². The smallest absolute Gasteiger partial charge is 0.220 e. The van der Waals surface area contributed by atoms with Crippen LogP contribution in [-0.4, -0.2) is 17.2 Å². The average molecular weight is 339 g/mol. The molecule has 0 heterocycles. The molecule has 1 aromatic rings. The fourth-order valence-electron chi connectivity index (χ4n) is 6.02. The molecule has 0 spiro atoms. The lowest BCUT2D eigenvalue weighted by Crippen LogP contribution is -2.59. The van der Waals surface area contributed by atoms with Gasteiger partial charge in [-0.2, -0.15) is 0 Å². The predicted molar refractivity (Wildman–Crippen MR) is 98.5 cm³/mol. The summed E-state index contributed by atoms with van der Waals surface area (Å²) in [6, 6.07) is 5.94. The summed E-state index contributed by atoms with van der Waals surface area (Å²) >= 11 is 0. The number of rotatable bonds is 5. The highest BCUT2D eigenvalue weighted by atomic mass is 16.2. The summed E-state index contributed by atoms with van der Waals surface area (Å²) in [4.78, 5) is 25.1. The van der Waals surface area contributed by atoms with Gasteiger partial charge in [0.15, 0.2) is 5.78 Å². The van der Waals surface area contributed by atoms with Crippen molar-refractivity contribution in [2.45, 2.75) is 70.8 Å². The van der Waals surface area contributed by atoms with Crippen LogP contribution in [0.2, 0.25) is 0 Å². The molecule has 1 N–H and O–H groups in total. The lowest BCUT2D eigenvalue weighted by molar-refractivity contribution is -0.126. The van der Waals surface area contributed by atoms with Crippen LogP contribution < -0.4 is 5.32 Å². The zero-order valence-electron chi connectivity index (χ0n) is 15.4. The molecule has 0 aromatic heterocycles. The highest BCUT2D eigenvalue weighted by Crippen LogP contribution is 2.55. The van der Waals surface area contributed by atoms with E-state index in [4.69, 9.17) is 0 Å². The van der Waals surface area contributed by atoms with Gasteiger partial charge in [-0.1, -0.05) is 17.7 Å². The van der Waals surface area contributed by atoms with Crippen molar-refractivity contribution in [1.82, 2.24) is 5.32 Å². The van der Waals surface area contributed by atoms with Gasteiger partial charge >= 0.3 is 0 Å². The number of hydrogen-bond acceptors (Lipinski definition) is 2. The number of amides is 1. The maximum absolute atomic E-state index is 12.6. The van der Waals surface area contributed by atoms with E-state index in [1.807, 2.05) is 32.0 Å². The summed E-state index contributed by atoms with van der Waals surface area (Å²) in [5.74, 6) is 2.62. The van der Waals surface area contributed by atoms with Crippen LogP contribution in [-0.2, 0) is 4.79 Å². The van der Waals surface area contributed by atoms with E-state index in [1.165, 1.54) is 19.3 Å². The van der Waals surface area contributed by atoms with Crippen molar-refractivity contribution in [2.24, 2.45) is 17.8 Å². The van der Waals surface area contributed by atoms with E-state index in [0.29, 0.717) is 12.8 Å². The van der Waals surface area contributed by atoms with E-state index in [-0.39, 0.29) is 17.2 Å². The average Bonchev–Trinajstić information content (AvgIpc) is 2.53. The van der Waals surface area contributed by atoms with Gasteiger partial charge in [0.25, 0.3) is 0 Å². The van der Waals surface area contributed by atoms with Crippen LogP contribution >= 0.6 is 0 Å². The molecule has 4 fully saturated rings. The Kier molecular flexibility index (Phi) is 4.21. The maximum Gasteiger partial charge on any atom is 0.220 e. The summed E-state index contributed by atoms with van der Waals surface area (Å²) in [7, 11) is 0. The third-order valence-electron chi connectivity index (χ3n) is 6.72. The van der Waals surface area contributed by atoms with Gasteiger partial charge < -0.3 is 5.32 Å². The molecule has 3 nitrogen and oxygen atoms in total. The molecule has 4 bridgehead atoms. The van der Waals surface area contributed by atoms with Crippen molar-refractivity contribution in [3.63, 3.8) is 0 Å². The SMILES string of the molecule is Cc1ccc(C)c(C(=O)CCC(=O)NC23CC4CC(CC(C4)C2)C3)c1.